The van der Waals surface area contributed by atoms with Crippen LogP contribution in [0.25, 0.3) is 0 Å². The Morgan fingerprint density at radius 2 is 2.40 bits per heavy atom. The second-order valence-corrected chi connectivity index (χ2v) is 4.33. The fraction of sp³-hybridized carbons (Fsp3) is 0.667. The van der Waals surface area contributed by atoms with Crippen molar-refractivity contribution in [1.82, 2.24) is 14.7 Å². The van der Waals surface area contributed by atoms with E-state index in [9.17, 15) is 4.79 Å². The Bertz CT molecular complexity index is 348. The average Bonchev–Trinajstić information content (AvgIpc) is 2.99. The summed E-state index contributed by atoms with van der Waals surface area (Å²) in [6.07, 6.45) is 2.90. The lowest BCUT2D eigenvalue weighted by Gasteiger charge is -2.00. The van der Waals surface area contributed by atoms with Crippen molar-refractivity contribution < 1.29 is 4.79 Å². The molecule has 1 aromatic heterocycles. The minimum atomic E-state index is 0.0365. The number of nitrogens with one attached hydrogen (secondary N) is 2. The molecule has 2 N–H and O–H groups in total. The van der Waals surface area contributed by atoms with E-state index >= 15 is 0 Å². The van der Waals surface area contributed by atoms with Gasteiger partial charge in [0.1, 0.15) is 5.82 Å². The Balaban J connectivity index is 1.75. The molecule has 0 aromatic carbocycles. The summed E-state index contributed by atoms with van der Waals surface area (Å²) in [6.45, 7) is 0.610. The normalized spacial score (nSPS) is 15.0. The SMILES string of the molecule is CNC(=O)CCNc1nc(C2CC2)ns1. The van der Waals surface area contributed by atoms with Gasteiger partial charge >= 0.3 is 0 Å². The number of hydrogen-bond donors (Lipinski definition) is 2. The second kappa shape index (κ2) is 4.57. The lowest BCUT2D eigenvalue weighted by atomic mass is 10.4. The summed E-state index contributed by atoms with van der Waals surface area (Å²) in [7, 11) is 1.64. The first-order valence-corrected chi connectivity index (χ1v) is 5.85. The van der Waals surface area contributed by atoms with E-state index in [4.69, 9.17) is 0 Å². The number of aromatic nitrogens is 2. The fourth-order valence-corrected chi connectivity index (χ4v) is 1.89. The van der Waals surface area contributed by atoms with Crippen molar-refractivity contribution in [3.05, 3.63) is 5.82 Å². The molecule has 1 fully saturated rings. The molecule has 2 rings (SSSR count). The van der Waals surface area contributed by atoms with Gasteiger partial charge in [-0.05, 0) is 12.8 Å². The lowest BCUT2D eigenvalue weighted by Crippen LogP contribution is -2.20. The highest BCUT2D eigenvalue weighted by molar-refractivity contribution is 7.09. The van der Waals surface area contributed by atoms with Crippen LogP contribution in [0.5, 0.6) is 0 Å². The van der Waals surface area contributed by atoms with E-state index in [-0.39, 0.29) is 5.91 Å². The quantitative estimate of drug-likeness (QED) is 0.785. The van der Waals surface area contributed by atoms with Crippen molar-refractivity contribution in [2.45, 2.75) is 25.2 Å². The largest absolute Gasteiger partial charge is 0.360 e. The number of amides is 1. The Kier molecular flexibility index (Phi) is 3.15. The third-order valence-corrected chi connectivity index (χ3v) is 2.98. The highest BCUT2D eigenvalue weighted by Gasteiger charge is 2.27. The number of hydrogen-bond acceptors (Lipinski definition) is 5. The number of anilines is 1. The molecule has 82 valence electrons. The van der Waals surface area contributed by atoms with E-state index in [2.05, 4.69) is 20.0 Å². The van der Waals surface area contributed by atoms with Gasteiger partial charge in [-0.25, -0.2) is 4.98 Å². The van der Waals surface area contributed by atoms with Crippen molar-refractivity contribution in [3.63, 3.8) is 0 Å². The maximum atomic E-state index is 10.9. The van der Waals surface area contributed by atoms with E-state index in [0.29, 0.717) is 18.9 Å². The first-order valence-electron chi connectivity index (χ1n) is 5.07. The zero-order valence-electron chi connectivity index (χ0n) is 8.62. The van der Waals surface area contributed by atoms with Crippen molar-refractivity contribution in [3.8, 4) is 0 Å². The van der Waals surface area contributed by atoms with Crippen LogP contribution in [-0.2, 0) is 4.79 Å². The molecule has 0 bridgehead atoms. The van der Waals surface area contributed by atoms with Crippen LogP contribution in [0.4, 0.5) is 5.13 Å². The number of nitrogens with zero attached hydrogens (tertiary/aromatic N) is 2. The Morgan fingerprint density at radius 1 is 1.60 bits per heavy atom. The minimum Gasteiger partial charge on any atom is -0.360 e. The molecule has 1 amide bonds. The lowest BCUT2D eigenvalue weighted by molar-refractivity contribution is -0.120. The van der Waals surface area contributed by atoms with Gasteiger partial charge in [-0.3, -0.25) is 4.79 Å². The molecule has 1 heterocycles. The van der Waals surface area contributed by atoms with Crippen molar-refractivity contribution >= 4 is 22.6 Å². The summed E-state index contributed by atoms with van der Waals surface area (Å²) in [5.41, 5.74) is 0. The zero-order chi connectivity index (χ0) is 10.7. The van der Waals surface area contributed by atoms with Gasteiger partial charge < -0.3 is 10.6 Å². The molecular formula is C9H14N4OS. The summed E-state index contributed by atoms with van der Waals surface area (Å²) in [5, 5.41) is 6.49. The zero-order valence-corrected chi connectivity index (χ0v) is 9.43. The van der Waals surface area contributed by atoms with Crippen molar-refractivity contribution in [2.75, 3.05) is 18.9 Å². The Labute approximate surface area is 92.5 Å². The Hall–Kier alpha value is -1.17. The van der Waals surface area contributed by atoms with Gasteiger partial charge in [0.2, 0.25) is 11.0 Å². The molecule has 6 heteroatoms. The maximum Gasteiger partial charge on any atom is 0.221 e. The van der Waals surface area contributed by atoms with Gasteiger partial charge in [0.05, 0.1) is 0 Å². The summed E-state index contributed by atoms with van der Waals surface area (Å²) in [5.74, 6) is 1.59. The molecule has 0 spiro atoms. The van der Waals surface area contributed by atoms with E-state index in [1.54, 1.807) is 7.05 Å². The van der Waals surface area contributed by atoms with Gasteiger partial charge in [0, 0.05) is 37.5 Å². The molecule has 1 saturated carbocycles. The molecule has 0 aliphatic heterocycles. The summed E-state index contributed by atoms with van der Waals surface area (Å²) in [6, 6.07) is 0. The molecule has 5 nitrogen and oxygen atoms in total. The maximum absolute atomic E-state index is 10.9. The topological polar surface area (TPSA) is 66.9 Å². The van der Waals surface area contributed by atoms with Crippen LogP contribution >= 0.6 is 11.5 Å². The van der Waals surface area contributed by atoms with Crippen LogP contribution < -0.4 is 10.6 Å². The van der Waals surface area contributed by atoms with Gasteiger partial charge in [-0.2, -0.15) is 4.37 Å². The van der Waals surface area contributed by atoms with Crippen LogP contribution in [0.3, 0.4) is 0 Å². The monoisotopic (exact) mass is 226 g/mol. The molecule has 0 radical (unpaired) electrons. The molecule has 0 unspecified atom stereocenters. The molecule has 1 aliphatic carbocycles. The number of carbonyl (C=O) groups excluding carboxylic acids is 1. The minimum absolute atomic E-state index is 0.0365. The second-order valence-electron chi connectivity index (χ2n) is 3.58. The molecule has 0 atom stereocenters. The van der Waals surface area contributed by atoms with Crippen LogP contribution in [0.2, 0.25) is 0 Å². The molecular weight excluding hydrogens is 212 g/mol. The molecule has 0 saturated heterocycles. The molecule has 1 aromatic rings. The van der Waals surface area contributed by atoms with Crippen molar-refractivity contribution in [1.29, 1.82) is 0 Å². The summed E-state index contributed by atoms with van der Waals surface area (Å²) >= 11 is 1.37. The van der Waals surface area contributed by atoms with Crippen LogP contribution in [0.15, 0.2) is 0 Å². The first-order chi connectivity index (χ1) is 7.29. The van der Waals surface area contributed by atoms with Gasteiger partial charge in [-0.15, -0.1) is 0 Å². The van der Waals surface area contributed by atoms with Gasteiger partial charge in [0.25, 0.3) is 0 Å². The fourth-order valence-electron chi connectivity index (χ4n) is 1.22. The third kappa shape index (κ3) is 2.89. The third-order valence-electron chi connectivity index (χ3n) is 2.29. The smallest absolute Gasteiger partial charge is 0.221 e. The van der Waals surface area contributed by atoms with Crippen molar-refractivity contribution in [2.24, 2.45) is 0 Å². The highest BCUT2D eigenvalue weighted by atomic mass is 32.1. The molecule has 15 heavy (non-hydrogen) atoms. The van der Waals surface area contributed by atoms with E-state index in [1.165, 1.54) is 24.4 Å². The first kappa shape index (κ1) is 10.4. The van der Waals surface area contributed by atoms with E-state index in [0.717, 1.165) is 11.0 Å². The predicted molar refractivity (Wildman–Crippen MR) is 59.1 cm³/mol. The predicted octanol–water partition coefficient (Wildman–Crippen LogP) is 0.963. The highest BCUT2D eigenvalue weighted by Crippen LogP contribution is 2.39. The summed E-state index contributed by atoms with van der Waals surface area (Å²) < 4.78 is 4.26. The standard InChI is InChI=1S/C9H14N4OS/c1-10-7(14)4-5-11-9-12-8(13-15-9)6-2-3-6/h6H,2-5H2,1H3,(H,10,14)(H,11,12,13). The van der Waals surface area contributed by atoms with Crippen LogP contribution in [0, 0.1) is 0 Å². The number of carbonyl (C=O) groups is 1. The van der Waals surface area contributed by atoms with Gasteiger partial charge in [-0.1, -0.05) is 0 Å². The Morgan fingerprint density at radius 3 is 3.07 bits per heavy atom. The molecule has 1 aliphatic rings. The van der Waals surface area contributed by atoms with Gasteiger partial charge in [0.15, 0.2) is 0 Å². The van der Waals surface area contributed by atoms with E-state index in [1.807, 2.05) is 0 Å². The number of rotatable bonds is 5. The summed E-state index contributed by atoms with van der Waals surface area (Å²) in [4.78, 5) is 15.3. The van der Waals surface area contributed by atoms with E-state index < -0.39 is 0 Å². The average molecular weight is 226 g/mol. The van der Waals surface area contributed by atoms with Crippen LogP contribution in [0.1, 0.15) is 31.0 Å². The van der Waals surface area contributed by atoms with Crippen LogP contribution in [-0.4, -0.2) is 28.9 Å².